The van der Waals surface area contributed by atoms with Crippen molar-refractivity contribution in [3.8, 4) is 0 Å². The average Bonchev–Trinajstić information content (AvgIpc) is 2.84. The number of Topliss-reactive ketones (excluding diaryl/α,β-unsaturated/α-hetero) is 1. The van der Waals surface area contributed by atoms with E-state index in [2.05, 4.69) is 0 Å². The summed E-state index contributed by atoms with van der Waals surface area (Å²) in [5.41, 5.74) is -0.677. The van der Waals surface area contributed by atoms with Crippen molar-refractivity contribution in [2.45, 2.75) is 44.6 Å². The van der Waals surface area contributed by atoms with E-state index in [1.54, 1.807) is 0 Å². The minimum atomic E-state index is -0.784. The Bertz CT molecular complexity index is 465. The number of rotatable bonds is 5. The number of carbonyl (C=O) groups excluding carboxylic acids is 1. The fraction of sp³-hybridized carbons (Fsp3) is 0.533. The Morgan fingerprint density at radius 1 is 1.32 bits per heavy atom. The Hall–Kier alpha value is -1.29. The highest BCUT2D eigenvalue weighted by Crippen LogP contribution is 2.35. The van der Waals surface area contributed by atoms with Crippen molar-refractivity contribution in [2.75, 3.05) is 6.61 Å². The summed E-state index contributed by atoms with van der Waals surface area (Å²) in [5, 5.41) is 0. The molecular weight excluding hydrogens is 250 g/mol. The van der Waals surface area contributed by atoms with Gasteiger partial charge in [-0.2, -0.15) is 0 Å². The van der Waals surface area contributed by atoms with Crippen molar-refractivity contribution < 1.29 is 18.3 Å². The maximum Gasteiger partial charge on any atom is 0.169 e. The predicted octanol–water partition coefficient (Wildman–Crippen LogP) is 3.43. The van der Waals surface area contributed by atoms with Crippen LogP contribution in [0.1, 0.15) is 38.2 Å². The van der Waals surface area contributed by atoms with Gasteiger partial charge in [-0.05, 0) is 56.4 Å². The molecule has 0 aliphatic heterocycles. The van der Waals surface area contributed by atoms with Crippen molar-refractivity contribution in [2.24, 2.45) is 0 Å². The number of benzene rings is 1. The van der Waals surface area contributed by atoms with Gasteiger partial charge in [0.25, 0.3) is 0 Å². The van der Waals surface area contributed by atoms with Crippen LogP contribution in [0, 0.1) is 11.6 Å². The molecule has 4 heteroatoms. The Labute approximate surface area is 111 Å². The first-order valence-electron chi connectivity index (χ1n) is 6.68. The largest absolute Gasteiger partial charge is 0.367 e. The number of ketones is 1. The molecule has 0 amide bonds. The number of ether oxygens (including phenoxy) is 1. The molecule has 0 radical (unpaired) electrons. The number of hydrogen-bond acceptors (Lipinski definition) is 2. The van der Waals surface area contributed by atoms with E-state index < -0.39 is 17.2 Å². The van der Waals surface area contributed by atoms with Crippen LogP contribution in [0.25, 0.3) is 0 Å². The molecule has 2 rings (SSSR count). The third kappa shape index (κ3) is 3.00. The third-order valence-corrected chi connectivity index (χ3v) is 3.70. The topological polar surface area (TPSA) is 26.3 Å². The Kier molecular flexibility index (Phi) is 4.30. The maximum atomic E-state index is 13.6. The first-order valence-corrected chi connectivity index (χ1v) is 6.68. The van der Waals surface area contributed by atoms with Crippen LogP contribution in [-0.4, -0.2) is 18.0 Å². The van der Waals surface area contributed by atoms with Gasteiger partial charge in [-0.15, -0.1) is 0 Å². The van der Waals surface area contributed by atoms with Crippen molar-refractivity contribution >= 4 is 5.78 Å². The van der Waals surface area contributed by atoms with Gasteiger partial charge < -0.3 is 4.74 Å². The van der Waals surface area contributed by atoms with Crippen LogP contribution >= 0.6 is 0 Å². The lowest BCUT2D eigenvalue weighted by atomic mass is 9.91. The van der Waals surface area contributed by atoms with Crippen LogP contribution < -0.4 is 0 Å². The number of halogens is 2. The highest BCUT2D eigenvalue weighted by atomic mass is 19.1. The summed E-state index contributed by atoms with van der Waals surface area (Å²) in [6.07, 6.45) is 3.13. The van der Waals surface area contributed by atoms with Gasteiger partial charge in [0.05, 0.1) is 0 Å². The minimum absolute atomic E-state index is 0.107. The molecular formula is C15H18F2O2. The van der Waals surface area contributed by atoms with Crippen molar-refractivity contribution in [3.63, 3.8) is 0 Å². The van der Waals surface area contributed by atoms with E-state index >= 15 is 0 Å². The standard InChI is InChI=1S/C15H18F2O2/c1-2-19-15(7-3-4-8-15)14(18)10-11-9-12(16)5-6-13(11)17/h5-6,9H,2-4,7-8,10H2,1H3. The molecule has 0 atom stereocenters. The summed E-state index contributed by atoms with van der Waals surface area (Å²) < 4.78 is 32.3. The molecule has 1 saturated carbocycles. The van der Waals surface area contributed by atoms with Crippen LogP contribution in [-0.2, 0) is 16.0 Å². The van der Waals surface area contributed by atoms with Gasteiger partial charge in [-0.3, -0.25) is 4.79 Å². The third-order valence-electron chi connectivity index (χ3n) is 3.70. The molecule has 0 spiro atoms. The molecule has 1 aliphatic carbocycles. The highest BCUT2D eigenvalue weighted by Gasteiger charge is 2.41. The quantitative estimate of drug-likeness (QED) is 0.818. The summed E-state index contributed by atoms with van der Waals surface area (Å²) in [7, 11) is 0. The summed E-state index contributed by atoms with van der Waals surface area (Å²) in [6, 6.07) is 3.19. The van der Waals surface area contributed by atoms with Gasteiger partial charge in [0, 0.05) is 13.0 Å². The van der Waals surface area contributed by atoms with E-state index in [0.29, 0.717) is 19.4 Å². The first kappa shape index (κ1) is 14.1. The maximum absolute atomic E-state index is 13.6. The molecule has 1 fully saturated rings. The van der Waals surface area contributed by atoms with Gasteiger partial charge in [0.1, 0.15) is 17.2 Å². The predicted molar refractivity (Wildman–Crippen MR) is 67.9 cm³/mol. The summed E-state index contributed by atoms with van der Waals surface area (Å²) in [6.45, 7) is 2.30. The molecule has 2 nitrogen and oxygen atoms in total. The molecule has 1 aliphatic rings. The average molecular weight is 268 g/mol. The number of hydrogen-bond donors (Lipinski definition) is 0. The summed E-state index contributed by atoms with van der Waals surface area (Å²) in [4.78, 5) is 12.4. The smallest absolute Gasteiger partial charge is 0.169 e. The van der Waals surface area contributed by atoms with Crippen LogP contribution in [0.2, 0.25) is 0 Å². The van der Waals surface area contributed by atoms with E-state index in [0.717, 1.165) is 31.0 Å². The zero-order valence-corrected chi connectivity index (χ0v) is 11.0. The van der Waals surface area contributed by atoms with Crippen molar-refractivity contribution in [1.29, 1.82) is 0 Å². The summed E-state index contributed by atoms with van der Waals surface area (Å²) in [5.74, 6) is -1.21. The molecule has 0 heterocycles. The number of carbonyl (C=O) groups is 1. The minimum Gasteiger partial charge on any atom is -0.367 e. The van der Waals surface area contributed by atoms with E-state index in [1.807, 2.05) is 6.92 Å². The second-order valence-corrected chi connectivity index (χ2v) is 4.97. The van der Waals surface area contributed by atoms with Crippen LogP contribution in [0.15, 0.2) is 18.2 Å². The zero-order chi connectivity index (χ0) is 13.9. The second kappa shape index (κ2) is 5.78. The molecule has 0 N–H and O–H groups in total. The van der Waals surface area contributed by atoms with Crippen molar-refractivity contribution in [1.82, 2.24) is 0 Å². The van der Waals surface area contributed by atoms with Gasteiger partial charge in [-0.1, -0.05) is 0 Å². The lowest BCUT2D eigenvalue weighted by molar-refractivity contribution is -0.142. The molecule has 0 bridgehead atoms. The van der Waals surface area contributed by atoms with Gasteiger partial charge in [-0.25, -0.2) is 8.78 Å². The lowest BCUT2D eigenvalue weighted by Gasteiger charge is -2.27. The second-order valence-electron chi connectivity index (χ2n) is 4.97. The highest BCUT2D eigenvalue weighted by molar-refractivity contribution is 5.89. The molecule has 19 heavy (non-hydrogen) atoms. The fourth-order valence-corrected chi connectivity index (χ4v) is 2.74. The van der Waals surface area contributed by atoms with Gasteiger partial charge in [0.15, 0.2) is 5.78 Å². The van der Waals surface area contributed by atoms with Crippen LogP contribution in [0.3, 0.4) is 0 Å². The Balaban J connectivity index is 2.17. The summed E-state index contributed by atoms with van der Waals surface area (Å²) >= 11 is 0. The fourth-order valence-electron chi connectivity index (χ4n) is 2.74. The van der Waals surface area contributed by atoms with Crippen LogP contribution in [0.5, 0.6) is 0 Å². The molecule has 104 valence electrons. The Morgan fingerprint density at radius 2 is 2.00 bits per heavy atom. The lowest BCUT2D eigenvalue weighted by Crippen LogP contribution is -2.40. The van der Waals surface area contributed by atoms with E-state index in [1.165, 1.54) is 0 Å². The van der Waals surface area contributed by atoms with Crippen LogP contribution in [0.4, 0.5) is 8.78 Å². The molecule has 1 aromatic carbocycles. The van der Waals surface area contributed by atoms with E-state index in [4.69, 9.17) is 4.74 Å². The molecule has 0 unspecified atom stereocenters. The normalized spacial score (nSPS) is 17.6. The molecule has 0 saturated heterocycles. The molecule has 1 aromatic rings. The monoisotopic (exact) mass is 268 g/mol. The van der Waals surface area contributed by atoms with Crippen molar-refractivity contribution in [3.05, 3.63) is 35.4 Å². The van der Waals surface area contributed by atoms with Gasteiger partial charge >= 0.3 is 0 Å². The van der Waals surface area contributed by atoms with E-state index in [9.17, 15) is 13.6 Å². The SMILES string of the molecule is CCOC1(C(=O)Cc2cc(F)ccc2F)CCCC1. The first-order chi connectivity index (χ1) is 9.07. The van der Waals surface area contributed by atoms with E-state index in [-0.39, 0.29) is 17.8 Å². The van der Waals surface area contributed by atoms with Gasteiger partial charge in [0.2, 0.25) is 0 Å². The molecule has 0 aromatic heterocycles. The Morgan fingerprint density at radius 3 is 2.63 bits per heavy atom. The zero-order valence-electron chi connectivity index (χ0n) is 11.0.